The number of benzene rings is 3. The monoisotopic (exact) mass is 626 g/mol. The Bertz CT molecular complexity index is 1420. The fourth-order valence-corrected chi connectivity index (χ4v) is 4.04. The van der Waals surface area contributed by atoms with E-state index in [1.165, 1.54) is 27.4 Å². The molecule has 0 aliphatic heterocycles. The van der Waals surface area contributed by atoms with Gasteiger partial charge < -0.3 is 18.9 Å². The topological polar surface area (TPSA) is 104 Å². The first kappa shape index (κ1) is 27.6. The van der Waals surface area contributed by atoms with Crippen LogP contribution >= 0.6 is 22.6 Å². The summed E-state index contributed by atoms with van der Waals surface area (Å²) < 4.78 is 61.1. The van der Waals surface area contributed by atoms with Gasteiger partial charge in [-0.1, -0.05) is 0 Å². The SMILES string of the molecule is COc1ccc(/C(C#N)=C/c2cc(I)c(Oc3ccc(C(F)(F)F)cc3[N+](=O)[O-])c(OC)c2)cc1OC. The van der Waals surface area contributed by atoms with Crippen molar-refractivity contribution in [3.8, 4) is 34.8 Å². The zero-order valence-corrected chi connectivity index (χ0v) is 21.7. The van der Waals surface area contributed by atoms with Gasteiger partial charge in [-0.3, -0.25) is 10.1 Å². The standard InChI is InChI=1S/C25H18F3IN2O6/c1-34-21-6-4-15(11-22(21)35-2)16(13-30)8-14-9-18(29)24(23(10-14)36-3)37-20-7-5-17(25(26,27)28)12-19(20)31(32)33/h4-12H,1-3H3/b16-8+. The number of allylic oxidation sites excluding steroid dienone is 1. The van der Waals surface area contributed by atoms with Crippen molar-refractivity contribution in [1.82, 2.24) is 0 Å². The lowest BCUT2D eigenvalue weighted by molar-refractivity contribution is -0.385. The molecule has 3 aromatic carbocycles. The molecular formula is C25H18F3IN2O6. The lowest BCUT2D eigenvalue weighted by Gasteiger charge is -2.15. The smallest absolute Gasteiger partial charge is 0.416 e. The molecular weight excluding hydrogens is 608 g/mol. The third-order valence-corrected chi connectivity index (χ3v) is 5.87. The van der Waals surface area contributed by atoms with E-state index in [1.54, 1.807) is 30.3 Å². The highest BCUT2D eigenvalue weighted by atomic mass is 127. The summed E-state index contributed by atoms with van der Waals surface area (Å²) in [6, 6.07) is 12.3. The van der Waals surface area contributed by atoms with E-state index >= 15 is 0 Å². The second-order valence-electron chi connectivity index (χ2n) is 7.31. The van der Waals surface area contributed by atoms with Crippen molar-refractivity contribution >= 4 is 39.9 Å². The summed E-state index contributed by atoms with van der Waals surface area (Å²) >= 11 is 1.90. The number of rotatable bonds is 8. The van der Waals surface area contributed by atoms with Crippen molar-refractivity contribution in [2.24, 2.45) is 0 Å². The van der Waals surface area contributed by atoms with Crippen LogP contribution in [0, 0.1) is 25.0 Å². The van der Waals surface area contributed by atoms with Gasteiger partial charge in [0.15, 0.2) is 23.0 Å². The second-order valence-corrected chi connectivity index (χ2v) is 8.48. The Kier molecular flexibility index (Phi) is 8.49. The highest BCUT2D eigenvalue weighted by Gasteiger charge is 2.33. The summed E-state index contributed by atoms with van der Waals surface area (Å²) in [5, 5.41) is 21.2. The molecule has 12 heteroatoms. The van der Waals surface area contributed by atoms with Gasteiger partial charge in [0.25, 0.3) is 0 Å². The molecule has 192 valence electrons. The van der Waals surface area contributed by atoms with E-state index in [-0.39, 0.29) is 17.2 Å². The highest BCUT2D eigenvalue weighted by molar-refractivity contribution is 14.1. The van der Waals surface area contributed by atoms with Crippen LogP contribution in [-0.2, 0) is 6.18 Å². The first-order valence-corrected chi connectivity index (χ1v) is 11.4. The number of alkyl halides is 3. The maximum atomic E-state index is 13.0. The Morgan fingerprint density at radius 1 is 0.973 bits per heavy atom. The van der Waals surface area contributed by atoms with E-state index in [0.717, 1.165) is 6.07 Å². The van der Waals surface area contributed by atoms with Gasteiger partial charge in [-0.2, -0.15) is 18.4 Å². The minimum absolute atomic E-state index is 0.0627. The summed E-state index contributed by atoms with van der Waals surface area (Å²) in [5.41, 5.74) is -0.618. The zero-order chi connectivity index (χ0) is 27.3. The van der Waals surface area contributed by atoms with Crippen molar-refractivity contribution in [3.63, 3.8) is 0 Å². The molecule has 0 saturated carbocycles. The van der Waals surface area contributed by atoms with Crippen LogP contribution in [-0.4, -0.2) is 26.3 Å². The van der Waals surface area contributed by atoms with E-state index < -0.39 is 22.4 Å². The molecule has 0 aliphatic rings. The Morgan fingerprint density at radius 2 is 1.62 bits per heavy atom. The predicted octanol–water partition coefficient (Wildman–Crippen LogP) is 7.10. The van der Waals surface area contributed by atoms with Crippen LogP contribution in [0.15, 0.2) is 48.5 Å². The third kappa shape index (κ3) is 6.23. The van der Waals surface area contributed by atoms with Gasteiger partial charge in [0, 0.05) is 6.07 Å². The summed E-state index contributed by atoms with van der Waals surface area (Å²) in [6.07, 6.45) is -3.16. The number of methoxy groups -OCH3 is 3. The number of hydrogen-bond donors (Lipinski definition) is 0. The first-order chi connectivity index (χ1) is 17.5. The Labute approximate surface area is 223 Å². The molecule has 37 heavy (non-hydrogen) atoms. The van der Waals surface area contributed by atoms with E-state index in [1.807, 2.05) is 22.6 Å². The average Bonchev–Trinajstić information content (AvgIpc) is 2.87. The number of nitriles is 1. The summed E-state index contributed by atoms with van der Waals surface area (Å²) in [5.74, 6) is 0.763. The molecule has 0 fully saturated rings. The quantitative estimate of drug-likeness (QED) is 0.0864. The van der Waals surface area contributed by atoms with E-state index in [0.29, 0.717) is 43.9 Å². The molecule has 0 amide bonds. The molecule has 0 spiro atoms. The van der Waals surface area contributed by atoms with Crippen molar-refractivity contribution in [2.45, 2.75) is 6.18 Å². The van der Waals surface area contributed by atoms with Gasteiger partial charge in [0.2, 0.25) is 5.75 Å². The Hall–Kier alpha value is -3.99. The first-order valence-electron chi connectivity index (χ1n) is 10.3. The van der Waals surface area contributed by atoms with Crippen molar-refractivity contribution in [2.75, 3.05) is 21.3 Å². The summed E-state index contributed by atoms with van der Waals surface area (Å²) in [6.45, 7) is 0. The molecule has 0 aliphatic carbocycles. The van der Waals surface area contributed by atoms with Gasteiger partial charge in [0.1, 0.15) is 0 Å². The van der Waals surface area contributed by atoms with Gasteiger partial charge in [0.05, 0.1) is 47.0 Å². The highest BCUT2D eigenvalue weighted by Crippen LogP contribution is 2.43. The van der Waals surface area contributed by atoms with Crippen LogP contribution in [0.4, 0.5) is 18.9 Å². The number of ether oxygens (including phenoxy) is 4. The van der Waals surface area contributed by atoms with Crippen LogP contribution in [0.5, 0.6) is 28.7 Å². The maximum Gasteiger partial charge on any atom is 0.416 e. The molecule has 0 aromatic heterocycles. The lowest BCUT2D eigenvalue weighted by Crippen LogP contribution is -2.06. The van der Waals surface area contributed by atoms with Crippen LogP contribution in [0.2, 0.25) is 0 Å². The fraction of sp³-hybridized carbons (Fsp3) is 0.160. The van der Waals surface area contributed by atoms with E-state index in [9.17, 15) is 28.5 Å². The average molecular weight is 626 g/mol. The summed E-state index contributed by atoms with van der Waals surface area (Å²) in [4.78, 5) is 10.5. The molecule has 0 unspecified atom stereocenters. The normalized spacial score (nSPS) is 11.5. The zero-order valence-electron chi connectivity index (χ0n) is 19.6. The van der Waals surface area contributed by atoms with Crippen LogP contribution in [0.3, 0.4) is 0 Å². The van der Waals surface area contributed by atoms with Gasteiger partial charge in [-0.25, -0.2) is 0 Å². The fourth-order valence-electron chi connectivity index (χ4n) is 3.31. The lowest BCUT2D eigenvalue weighted by atomic mass is 10.0. The van der Waals surface area contributed by atoms with Gasteiger partial charge in [-0.05, 0) is 82.3 Å². The van der Waals surface area contributed by atoms with Crippen molar-refractivity contribution in [1.29, 1.82) is 5.26 Å². The molecule has 0 N–H and O–H groups in total. The van der Waals surface area contributed by atoms with Crippen molar-refractivity contribution < 1.29 is 37.0 Å². The largest absolute Gasteiger partial charge is 0.493 e. The minimum atomic E-state index is -4.75. The van der Waals surface area contributed by atoms with Crippen LogP contribution in [0.25, 0.3) is 11.6 Å². The number of halogens is 4. The Balaban J connectivity index is 2.04. The molecule has 0 atom stereocenters. The predicted molar refractivity (Wildman–Crippen MR) is 137 cm³/mol. The number of nitro groups is 1. The van der Waals surface area contributed by atoms with Gasteiger partial charge >= 0.3 is 11.9 Å². The Morgan fingerprint density at radius 3 is 2.19 bits per heavy atom. The van der Waals surface area contributed by atoms with Gasteiger partial charge in [-0.15, -0.1) is 0 Å². The van der Waals surface area contributed by atoms with Crippen LogP contribution < -0.4 is 18.9 Å². The number of hydrogen-bond acceptors (Lipinski definition) is 7. The number of nitro benzene ring substituents is 1. The van der Waals surface area contributed by atoms with Crippen LogP contribution in [0.1, 0.15) is 16.7 Å². The molecule has 0 saturated heterocycles. The second kappa shape index (κ2) is 11.4. The van der Waals surface area contributed by atoms with E-state index in [4.69, 9.17) is 18.9 Å². The molecule has 0 bridgehead atoms. The molecule has 8 nitrogen and oxygen atoms in total. The maximum absolute atomic E-state index is 13.0. The van der Waals surface area contributed by atoms with Crippen molar-refractivity contribution in [3.05, 3.63) is 78.9 Å². The van der Waals surface area contributed by atoms with E-state index in [2.05, 4.69) is 6.07 Å². The molecule has 3 aromatic rings. The molecule has 3 rings (SSSR count). The minimum Gasteiger partial charge on any atom is -0.493 e. The third-order valence-electron chi connectivity index (χ3n) is 5.07. The molecule has 0 heterocycles. The summed E-state index contributed by atoms with van der Waals surface area (Å²) in [7, 11) is 4.31. The molecule has 0 radical (unpaired) electrons. The number of nitrogens with zero attached hydrogens (tertiary/aromatic N) is 2.